The van der Waals surface area contributed by atoms with E-state index in [1.807, 2.05) is 19.1 Å². The molecule has 38 heavy (non-hydrogen) atoms. The quantitative estimate of drug-likeness (QED) is 0.456. The van der Waals surface area contributed by atoms with Gasteiger partial charge in [0.25, 0.3) is 5.60 Å². The summed E-state index contributed by atoms with van der Waals surface area (Å²) in [5.74, 6) is 0. The van der Waals surface area contributed by atoms with Crippen LogP contribution in [0.5, 0.6) is 0 Å². The molecule has 5 nitrogen and oxygen atoms in total. The molecule has 2 aliphatic heterocycles. The van der Waals surface area contributed by atoms with E-state index in [0.29, 0.717) is 43.8 Å². The summed E-state index contributed by atoms with van der Waals surface area (Å²) in [6, 6.07) is 7.81. The average Bonchev–Trinajstić information content (AvgIpc) is 3.02. The van der Waals surface area contributed by atoms with Crippen LogP contribution in [0.25, 0.3) is 11.1 Å². The SMILES string of the molecule is CCc1cc(CN2C3CCC2CN(S(C)(=O)=O)C3)ccc1-c1ccc(C(O)(C(F)(F)F)C(F)(F)F)cc1Cl. The molecule has 0 saturated carbocycles. The molecule has 2 aromatic carbocycles. The number of sulfonamides is 1. The third-order valence-corrected chi connectivity index (χ3v) is 9.03. The number of rotatable bonds is 6. The van der Waals surface area contributed by atoms with Gasteiger partial charge in [0.1, 0.15) is 0 Å². The van der Waals surface area contributed by atoms with E-state index in [-0.39, 0.29) is 22.7 Å². The van der Waals surface area contributed by atoms with E-state index in [1.54, 1.807) is 6.07 Å². The summed E-state index contributed by atoms with van der Waals surface area (Å²) >= 11 is 6.18. The van der Waals surface area contributed by atoms with Gasteiger partial charge in [-0.15, -0.1) is 0 Å². The van der Waals surface area contributed by atoms with Crippen molar-refractivity contribution in [2.45, 2.75) is 62.8 Å². The molecule has 4 rings (SSSR count). The van der Waals surface area contributed by atoms with E-state index in [2.05, 4.69) is 4.90 Å². The van der Waals surface area contributed by atoms with Gasteiger partial charge in [0.15, 0.2) is 0 Å². The highest BCUT2D eigenvalue weighted by Crippen LogP contribution is 2.51. The molecule has 0 radical (unpaired) electrons. The monoisotopic (exact) mass is 584 g/mol. The number of aliphatic hydroxyl groups is 1. The van der Waals surface area contributed by atoms with Crippen LogP contribution in [0.3, 0.4) is 0 Å². The first-order valence-electron chi connectivity index (χ1n) is 12.0. The van der Waals surface area contributed by atoms with Crippen molar-refractivity contribution in [3.63, 3.8) is 0 Å². The second-order valence-corrected chi connectivity index (χ2v) is 12.3. The fourth-order valence-electron chi connectivity index (χ4n) is 5.44. The topological polar surface area (TPSA) is 60.9 Å². The molecule has 2 fully saturated rings. The van der Waals surface area contributed by atoms with Gasteiger partial charge in [-0.2, -0.15) is 30.6 Å². The number of alkyl halides is 6. The Balaban J connectivity index is 1.61. The fourth-order valence-corrected chi connectivity index (χ4v) is 6.61. The van der Waals surface area contributed by atoms with Crippen molar-refractivity contribution in [3.05, 3.63) is 58.1 Å². The van der Waals surface area contributed by atoms with Crippen molar-refractivity contribution in [3.8, 4) is 11.1 Å². The molecule has 2 atom stereocenters. The zero-order chi connectivity index (χ0) is 28.3. The Morgan fingerprint density at radius 2 is 1.50 bits per heavy atom. The van der Waals surface area contributed by atoms with Gasteiger partial charge in [-0.25, -0.2) is 8.42 Å². The highest BCUT2D eigenvalue weighted by molar-refractivity contribution is 7.88. The summed E-state index contributed by atoms with van der Waals surface area (Å²) in [7, 11) is -3.27. The highest BCUT2D eigenvalue weighted by atomic mass is 35.5. The van der Waals surface area contributed by atoms with Crippen LogP contribution >= 0.6 is 11.6 Å². The van der Waals surface area contributed by atoms with Crippen LogP contribution in [0.4, 0.5) is 26.3 Å². The first-order valence-corrected chi connectivity index (χ1v) is 14.2. The minimum Gasteiger partial charge on any atom is -0.369 e. The largest absolute Gasteiger partial charge is 0.430 e. The molecule has 1 N–H and O–H groups in total. The summed E-state index contributed by atoms with van der Waals surface area (Å²) in [5, 5.41) is 9.34. The van der Waals surface area contributed by atoms with Gasteiger partial charge in [0.05, 0.1) is 6.26 Å². The number of aryl methyl sites for hydroxylation is 1. The fraction of sp³-hybridized carbons (Fsp3) is 0.520. The molecule has 13 heteroatoms. The van der Waals surface area contributed by atoms with E-state index in [9.17, 15) is 39.9 Å². The Bertz CT molecular complexity index is 1290. The minimum atomic E-state index is -6.00. The molecule has 0 spiro atoms. The van der Waals surface area contributed by atoms with Crippen LogP contribution in [0.2, 0.25) is 5.02 Å². The van der Waals surface area contributed by atoms with Gasteiger partial charge in [-0.05, 0) is 42.0 Å². The third-order valence-electron chi connectivity index (χ3n) is 7.48. The number of hydrogen-bond donors (Lipinski definition) is 1. The predicted octanol–water partition coefficient (Wildman–Crippen LogP) is 5.49. The maximum absolute atomic E-state index is 13.3. The van der Waals surface area contributed by atoms with Crippen molar-refractivity contribution in [1.82, 2.24) is 9.21 Å². The summed E-state index contributed by atoms with van der Waals surface area (Å²) in [6.45, 7) is 3.30. The second kappa shape index (κ2) is 9.96. The maximum atomic E-state index is 13.3. The van der Waals surface area contributed by atoms with E-state index >= 15 is 0 Å². The molecule has 0 aliphatic carbocycles. The Hall–Kier alpha value is -1.86. The Morgan fingerprint density at radius 1 is 0.947 bits per heavy atom. The molecular weight excluding hydrogens is 558 g/mol. The van der Waals surface area contributed by atoms with Gasteiger partial charge in [0.2, 0.25) is 10.0 Å². The molecule has 2 heterocycles. The summed E-state index contributed by atoms with van der Waals surface area (Å²) in [6.07, 6.45) is -8.50. The number of benzene rings is 2. The van der Waals surface area contributed by atoms with Crippen LogP contribution < -0.4 is 0 Å². The molecule has 0 aromatic heterocycles. The van der Waals surface area contributed by atoms with Gasteiger partial charge in [-0.1, -0.05) is 48.9 Å². The lowest BCUT2D eigenvalue weighted by Crippen LogP contribution is -2.54. The second-order valence-electron chi connectivity index (χ2n) is 9.88. The van der Waals surface area contributed by atoms with Gasteiger partial charge < -0.3 is 5.11 Å². The third kappa shape index (κ3) is 5.17. The van der Waals surface area contributed by atoms with E-state index < -0.39 is 33.5 Å². The van der Waals surface area contributed by atoms with Crippen LogP contribution in [0.1, 0.15) is 36.5 Å². The molecule has 210 valence electrons. The Morgan fingerprint density at radius 3 is 1.97 bits per heavy atom. The van der Waals surface area contributed by atoms with Crippen LogP contribution in [0, 0.1) is 0 Å². The van der Waals surface area contributed by atoms with Gasteiger partial charge in [-0.3, -0.25) is 4.90 Å². The molecule has 2 aromatic rings. The van der Waals surface area contributed by atoms with Crippen LogP contribution in [-0.2, 0) is 28.6 Å². The standard InChI is InChI=1S/C25H27ClF6N2O3S/c1-3-16-10-15(12-34-18-6-7-19(34)14-33(13-18)38(2,36)37)4-8-20(16)21-9-5-17(11-22(21)26)23(35,24(27,28)29)25(30,31)32/h4-5,8-11,18-19,35H,3,6-7,12-14H2,1-2H3. The zero-order valence-corrected chi connectivity index (χ0v) is 22.1. The molecule has 2 unspecified atom stereocenters. The highest BCUT2D eigenvalue weighted by Gasteiger charge is 2.71. The summed E-state index contributed by atoms with van der Waals surface area (Å²) < 4.78 is 105. The average molecular weight is 585 g/mol. The first-order chi connectivity index (χ1) is 17.5. The normalized spacial score (nSPS) is 21.7. The lowest BCUT2D eigenvalue weighted by molar-refractivity contribution is -0.376. The van der Waals surface area contributed by atoms with Crippen LogP contribution in [0.15, 0.2) is 36.4 Å². The molecule has 0 amide bonds. The zero-order valence-electron chi connectivity index (χ0n) is 20.6. The molecule has 2 saturated heterocycles. The number of hydrogen-bond acceptors (Lipinski definition) is 4. The lowest BCUT2D eigenvalue weighted by atomic mass is 9.89. The Kier molecular flexibility index (Phi) is 7.63. The van der Waals surface area contributed by atoms with Crippen molar-refractivity contribution in [2.75, 3.05) is 19.3 Å². The van der Waals surface area contributed by atoms with Crippen molar-refractivity contribution < 1.29 is 39.9 Å². The van der Waals surface area contributed by atoms with Crippen LogP contribution in [-0.4, -0.2) is 66.5 Å². The van der Waals surface area contributed by atoms with E-state index in [1.165, 1.54) is 10.6 Å². The smallest absolute Gasteiger partial charge is 0.369 e. The Labute approximate surface area is 222 Å². The maximum Gasteiger partial charge on any atom is 0.430 e. The number of piperazine rings is 1. The van der Waals surface area contributed by atoms with Crippen molar-refractivity contribution >= 4 is 21.6 Å². The van der Waals surface area contributed by atoms with Gasteiger partial charge in [0, 0.05) is 47.9 Å². The number of fused-ring (bicyclic) bond motifs is 2. The van der Waals surface area contributed by atoms with E-state index in [0.717, 1.165) is 30.0 Å². The first kappa shape index (κ1) is 29.1. The predicted molar refractivity (Wildman–Crippen MR) is 131 cm³/mol. The van der Waals surface area contributed by atoms with Gasteiger partial charge >= 0.3 is 12.4 Å². The number of halogens is 7. The minimum absolute atomic E-state index is 0.0937. The molecular formula is C25H27ClF6N2O3S. The summed E-state index contributed by atoms with van der Waals surface area (Å²) in [4.78, 5) is 2.28. The number of nitrogens with zero attached hydrogens (tertiary/aromatic N) is 2. The molecule has 2 bridgehead atoms. The van der Waals surface area contributed by atoms with E-state index in [4.69, 9.17) is 11.6 Å². The van der Waals surface area contributed by atoms with Crippen molar-refractivity contribution in [2.24, 2.45) is 0 Å². The lowest BCUT2D eigenvalue weighted by Gasteiger charge is -2.40. The van der Waals surface area contributed by atoms with Crippen molar-refractivity contribution in [1.29, 1.82) is 0 Å². The molecule has 2 aliphatic rings. The summed E-state index contributed by atoms with van der Waals surface area (Å²) in [5.41, 5.74) is -3.93.